The van der Waals surface area contributed by atoms with Crippen molar-refractivity contribution in [3.05, 3.63) is 35.9 Å². The third kappa shape index (κ3) is 2.47. The van der Waals surface area contributed by atoms with Crippen LogP contribution in [0.25, 0.3) is 0 Å². The standard InChI is InChI=1S/C17H26N2O2Si/c1-5-18-15(14-12-10-9-11-13-14)16(20)19(17(18)21)22(6-2,7-3)8-4/h9-13,15H,5-8H2,1-4H3. The Labute approximate surface area is 134 Å². The number of carbonyl (C=O) groups is 2. The maximum absolute atomic E-state index is 13.1. The number of urea groups is 1. The Morgan fingerprint density at radius 1 is 0.955 bits per heavy atom. The molecule has 4 nitrogen and oxygen atoms in total. The van der Waals surface area contributed by atoms with Crippen LogP contribution in [0.15, 0.2) is 30.3 Å². The zero-order chi connectivity index (χ0) is 16.3. The van der Waals surface area contributed by atoms with Crippen LogP contribution in [0, 0.1) is 0 Å². The average Bonchev–Trinajstić information content (AvgIpc) is 2.82. The Hall–Kier alpha value is -1.62. The van der Waals surface area contributed by atoms with Crippen LogP contribution in [-0.2, 0) is 4.79 Å². The largest absolute Gasteiger partial charge is 0.319 e. The van der Waals surface area contributed by atoms with E-state index in [0.717, 1.165) is 23.7 Å². The molecule has 3 amide bonds. The van der Waals surface area contributed by atoms with Crippen molar-refractivity contribution < 1.29 is 9.59 Å². The van der Waals surface area contributed by atoms with Gasteiger partial charge in [0.15, 0.2) is 8.24 Å². The SMILES string of the molecule is CCN1C(=O)N([Si](CC)(CC)CC)C(=O)C1c1ccccc1. The zero-order valence-corrected chi connectivity index (χ0v) is 15.0. The van der Waals surface area contributed by atoms with E-state index >= 15 is 0 Å². The first kappa shape index (κ1) is 16.7. The molecule has 1 aromatic carbocycles. The van der Waals surface area contributed by atoms with Crippen molar-refractivity contribution >= 4 is 20.2 Å². The third-order valence-electron chi connectivity index (χ3n) is 5.11. The van der Waals surface area contributed by atoms with Gasteiger partial charge >= 0.3 is 6.03 Å². The van der Waals surface area contributed by atoms with Crippen LogP contribution in [0.4, 0.5) is 4.79 Å². The highest BCUT2D eigenvalue weighted by Crippen LogP contribution is 2.37. The monoisotopic (exact) mass is 318 g/mol. The smallest absolute Gasteiger partial charge is 0.309 e. The summed E-state index contributed by atoms with van der Waals surface area (Å²) in [5.74, 6) is -0.0183. The Bertz CT molecular complexity index is 535. The van der Waals surface area contributed by atoms with Crippen molar-refractivity contribution in [2.24, 2.45) is 0 Å². The van der Waals surface area contributed by atoms with Crippen LogP contribution in [0.2, 0.25) is 18.1 Å². The van der Waals surface area contributed by atoms with Gasteiger partial charge in [0.1, 0.15) is 6.04 Å². The van der Waals surface area contributed by atoms with Gasteiger partial charge in [0.2, 0.25) is 5.91 Å². The van der Waals surface area contributed by atoms with E-state index in [1.165, 1.54) is 0 Å². The second kappa shape index (κ2) is 6.65. The minimum Gasteiger partial charge on any atom is -0.309 e. The van der Waals surface area contributed by atoms with Gasteiger partial charge in [0.25, 0.3) is 0 Å². The van der Waals surface area contributed by atoms with E-state index in [4.69, 9.17) is 0 Å². The van der Waals surface area contributed by atoms with Gasteiger partial charge in [-0.3, -0.25) is 9.36 Å². The highest BCUT2D eigenvalue weighted by molar-refractivity contribution is 6.81. The fourth-order valence-electron chi connectivity index (χ4n) is 3.53. The molecule has 1 fully saturated rings. The van der Waals surface area contributed by atoms with Crippen molar-refractivity contribution in [2.75, 3.05) is 6.54 Å². The minimum absolute atomic E-state index is 0.0183. The van der Waals surface area contributed by atoms with E-state index in [0.29, 0.717) is 6.54 Å². The summed E-state index contributed by atoms with van der Waals surface area (Å²) in [6, 6.07) is 11.9. The molecular weight excluding hydrogens is 292 g/mol. The van der Waals surface area contributed by atoms with Gasteiger partial charge in [-0.05, 0) is 30.6 Å². The fraction of sp³-hybridized carbons (Fsp3) is 0.529. The van der Waals surface area contributed by atoms with Gasteiger partial charge in [0, 0.05) is 6.54 Å². The zero-order valence-electron chi connectivity index (χ0n) is 14.0. The number of benzene rings is 1. The van der Waals surface area contributed by atoms with Crippen LogP contribution in [0.1, 0.15) is 39.3 Å². The van der Waals surface area contributed by atoms with Crippen LogP contribution in [-0.4, -0.2) is 36.2 Å². The second-order valence-electron chi connectivity index (χ2n) is 5.84. The molecule has 1 saturated heterocycles. The molecule has 2 rings (SSSR count). The van der Waals surface area contributed by atoms with E-state index in [1.807, 2.05) is 37.3 Å². The second-order valence-corrected chi connectivity index (χ2v) is 10.9. The Morgan fingerprint density at radius 2 is 1.50 bits per heavy atom. The number of imide groups is 1. The van der Waals surface area contributed by atoms with Crippen molar-refractivity contribution in [2.45, 2.75) is 51.9 Å². The van der Waals surface area contributed by atoms with E-state index in [-0.39, 0.29) is 11.9 Å². The van der Waals surface area contributed by atoms with Crippen molar-refractivity contribution in [3.8, 4) is 0 Å². The molecule has 5 heteroatoms. The molecule has 0 bridgehead atoms. The Morgan fingerprint density at radius 3 is 1.95 bits per heavy atom. The van der Waals surface area contributed by atoms with Gasteiger partial charge in [-0.1, -0.05) is 51.1 Å². The van der Waals surface area contributed by atoms with Crippen molar-refractivity contribution in [3.63, 3.8) is 0 Å². The third-order valence-corrected chi connectivity index (χ3v) is 10.4. The van der Waals surface area contributed by atoms with Crippen LogP contribution >= 0.6 is 0 Å². The average molecular weight is 318 g/mol. The predicted molar refractivity (Wildman–Crippen MR) is 91.0 cm³/mol. The molecule has 1 atom stereocenters. The maximum Gasteiger partial charge on any atom is 0.319 e. The van der Waals surface area contributed by atoms with Crippen LogP contribution < -0.4 is 0 Å². The molecule has 0 saturated carbocycles. The lowest BCUT2D eigenvalue weighted by Gasteiger charge is -2.35. The summed E-state index contributed by atoms with van der Waals surface area (Å²) in [4.78, 5) is 27.7. The molecule has 1 heterocycles. The molecule has 0 N–H and O–H groups in total. The number of rotatable bonds is 6. The van der Waals surface area contributed by atoms with E-state index in [2.05, 4.69) is 20.8 Å². The molecule has 0 radical (unpaired) electrons. The van der Waals surface area contributed by atoms with Gasteiger partial charge < -0.3 is 4.90 Å². The van der Waals surface area contributed by atoms with Crippen molar-refractivity contribution in [1.82, 2.24) is 9.47 Å². The van der Waals surface area contributed by atoms with E-state index < -0.39 is 14.3 Å². The van der Waals surface area contributed by atoms with Crippen molar-refractivity contribution in [1.29, 1.82) is 0 Å². The number of amides is 3. The molecule has 0 aromatic heterocycles. The van der Waals surface area contributed by atoms with Gasteiger partial charge in [-0.2, -0.15) is 0 Å². The number of nitrogens with zero attached hydrogens (tertiary/aromatic N) is 2. The first-order valence-electron chi connectivity index (χ1n) is 8.25. The normalized spacial score (nSPS) is 19.2. The predicted octanol–water partition coefficient (Wildman–Crippen LogP) is 4.02. The molecule has 1 aliphatic rings. The summed E-state index contributed by atoms with van der Waals surface area (Å²) >= 11 is 0. The quantitative estimate of drug-likeness (QED) is 0.587. The topological polar surface area (TPSA) is 40.6 Å². The molecule has 22 heavy (non-hydrogen) atoms. The van der Waals surface area contributed by atoms with Gasteiger partial charge in [0.05, 0.1) is 0 Å². The van der Waals surface area contributed by atoms with Gasteiger partial charge in [-0.15, -0.1) is 0 Å². The van der Waals surface area contributed by atoms with Crippen LogP contribution in [0.3, 0.4) is 0 Å². The highest BCUT2D eigenvalue weighted by atomic mass is 28.3. The molecule has 1 unspecified atom stereocenters. The molecule has 0 aliphatic carbocycles. The first-order chi connectivity index (χ1) is 10.6. The summed E-state index contributed by atoms with van der Waals surface area (Å²) in [6.45, 7) is 8.85. The summed E-state index contributed by atoms with van der Waals surface area (Å²) in [7, 11) is -2.05. The van der Waals surface area contributed by atoms with Crippen LogP contribution in [0.5, 0.6) is 0 Å². The minimum atomic E-state index is -2.05. The first-order valence-corrected chi connectivity index (χ1v) is 10.8. The summed E-state index contributed by atoms with van der Waals surface area (Å²) in [5, 5.41) is 0. The molecule has 1 aliphatic heterocycles. The molecule has 120 valence electrons. The number of likely N-dealkylation sites (N-methyl/N-ethyl adjacent to an activating group) is 1. The lowest BCUT2D eigenvalue weighted by molar-refractivity contribution is -0.125. The Kier molecular flexibility index (Phi) is 5.06. The molecule has 0 spiro atoms. The lowest BCUT2D eigenvalue weighted by Crippen LogP contribution is -2.55. The number of carbonyl (C=O) groups excluding carboxylic acids is 2. The van der Waals surface area contributed by atoms with E-state index in [1.54, 1.807) is 9.47 Å². The lowest BCUT2D eigenvalue weighted by atomic mass is 10.1. The summed E-state index contributed by atoms with van der Waals surface area (Å²) in [5.41, 5.74) is 0.913. The molecular formula is C17H26N2O2Si. The van der Waals surface area contributed by atoms with Gasteiger partial charge in [-0.25, -0.2) is 4.79 Å². The summed E-state index contributed by atoms with van der Waals surface area (Å²) in [6.07, 6.45) is 0. The molecule has 1 aromatic rings. The fourth-order valence-corrected chi connectivity index (χ4v) is 7.10. The maximum atomic E-state index is 13.1. The number of hydrogen-bond acceptors (Lipinski definition) is 2. The number of hydrogen-bond donors (Lipinski definition) is 0. The van der Waals surface area contributed by atoms with E-state index in [9.17, 15) is 9.59 Å². The Balaban J connectivity index is 2.48. The summed E-state index contributed by atoms with van der Waals surface area (Å²) < 4.78 is 1.67. The highest BCUT2D eigenvalue weighted by Gasteiger charge is 2.53.